The molecule has 1 aliphatic heterocycles. The van der Waals surface area contributed by atoms with E-state index in [4.69, 9.17) is 0 Å². The minimum atomic E-state index is 0.145. The summed E-state index contributed by atoms with van der Waals surface area (Å²) in [5.41, 5.74) is 2.74. The Labute approximate surface area is 162 Å². The number of phenols is 1. The van der Waals surface area contributed by atoms with Gasteiger partial charge in [0.15, 0.2) is 0 Å². The molecule has 0 amide bonds. The van der Waals surface area contributed by atoms with Crippen LogP contribution in [0.2, 0.25) is 0 Å². The quantitative estimate of drug-likeness (QED) is 0.601. The van der Waals surface area contributed by atoms with Crippen LogP contribution in [0.25, 0.3) is 0 Å². The number of benzene rings is 2. The summed E-state index contributed by atoms with van der Waals surface area (Å²) in [7, 11) is 0. The number of aromatic hydroxyl groups is 1. The lowest BCUT2D eigenvalue weighted by Crippen LogP contribution is -2.48. The number of nitrogens with one attached hydrogen (secondary N) is 1. The molecular weight excluding hydrogens is 338 g/mol. The second-order valence-corrected chi connectivity index (χ2v) is 8.50. The van der Waals surface area contributed by atoms with Crippen LogP contribution < -0.4 is 5.32 Å². The second-order valence-electron chi connectivity index (χ2n) is 7.49. The van der Waals surface area contributed by atoms with Crippen molar-refractivity contribution in [2.45, 2.75) is 68.8 Å². The Bertz CT molecular complexity index is 693. The third kappa shape index (κ3) is 4.44. The van der Waals surface area contributed by atoms with Crippen LogP contribution in [0.3, 0.4) is 0 Å². The van der Waals surface area contributed by atoms with E-state index in [2.05, 4.69) is 55.6 Å². The Morgan fingerprint density at radius 3 is 2.38 bits per heavy atom. The average molecular weight is 370 g/mol. The molecule has 1 heterocycles. The molecule has 3 heteroatoms. The van der Waals surface area contributed by atoms with E-state index in [0.717, 1.165) is 5.75 Å². The molecular formula is C23H31NOS. The van der Waals surface area contributed by atoms with E-state index in [9.17, 15) is 5.11 Å². The van der Waals surface area contributed by atoms with E-state index in [1.54, 1.807) is 0 Å². The Hall–Kier alpha value is -1.45. The summed E-state index contributed by atoms with van der Waals surface area (Å²) in [4.78, 5) is 1.21. The fourth-order valence-electron chi connectivity index (χ4n) is 3.88. The van der Waals surface area contributed by atoms with Crippen molar-refractivity contribution in [3.63, 3.8) is 0 Å². The Kier molecular flexibility index (Phi) is 6.66. The molecule has 2 N–H and O–H groups in total. The molecule has 0 saturated heterocycles. The van der Waals surface area contributed by atoms with Gasteiger partial charge in [0.1, 0.15) is 5.75 Å². The zero-order valence-electron chi connectivity index (χ0n) is 16.0. The van der Waals surface area contributed by atoms with Crippen LogP contribution in [0, 0.1) is 0 Å². The molecule has 140 valence electrons. The van der Waals surface area contributed by atoms with Crippen LogP contribution in [-0.2, 0) is 0 Å². The first-order chi connectivity index (χ1) is 12.7. The van der Waals surface area contributed by atoms with Crippen molar-refractivity contribution >= 4 is 11.8 Å². The predicted molar refractivity (Wildman–Crippen MR) is 112 cm³/mol. The molecule has 0 aromatic heterocycles. The summed E-state index contributed by atoms with van der Waals surface area (Å²) < 4.78 is 0. The molecule has 0 spiro atoms. The zero-order valence-corrected chi connectivity index (χ0v) is 16.8. The molecule has 1 unspecified atom stereocenters. The highest BCUT2D eigenvalue weighted by Gasteiger charge is 2.36. The standard InChI is InChI=1S/C23H31NOS/c1-3-5-14-23(15-6-4-2)17-26-21-16-19(25)12-13-20(21)22(24-23)18-10-8-7-9-11-18/h7-13,16,22,24-25H,3-6,14-15,17H2,1-2H3. The first kappa shape index (κ1) is 19.3. The predicted octanol–water partition coefficient (Wildman–Crippen LogP) is 6.30. The van der Waals surface area contributed by atoms with Gasteiger partial charge in [-0.2, -0.15) is 0 Å². The highest BCUT2D eigenvalue weighted by Crippen LogP contribution is 2.42. The van der Waals surface area contributed by atoms with Crippen LogP contribution in [0.15, 0.2) is 53.4 Å². The summed E-state index contributed by atoms with van der Waals surface area (Å²) in [6, 6.07) is 16.8. The Morgan fingerprint density at radius 1 is 1.04 bits per heavy atom. The van der Waals surface area contributed by atoms with Gasteiger partial charge in [-0.25, -0.2) is 0 Å². The van der Waals surface area contributed by atoms with Crippen molar-refractivity contribution < 1.29 is 5.11 Å². The maximum atomic E-state index is 10.0. The molecule has 0 saturated carbocycles. The van der Waals surface area contributed by atoms with Crippen LogP contribution >= 0.6 is 11.8 Å². The minimum Gasteiger partial charge on any atom is -0.508 e. The lowest BCUT2D eigenvalue weighted by molar-refractivity contribution is 0.281. The first-order valence-corrected chi connectivity index (χ1v) is 10.9. The molecule has 26 heavy (non-hydrogen) atoms. The van der Waals surface area contributed by atoms with Crippen LogP contribution in [0.5, 0.6) is 5.75 Å². The Morgan fingerprint density at radius 2 is 1.73 bits per heavy atom. The topological polar surface area (TPSA) is 32.3 Å². The van der Waals surface area contributed by atoms with Gasteiger partial charge in [0.05, 0.1) is 6.04 Å². The number of fused-ring (bicyclic) bond motifs is 1. The van der Waals surface area contributed by atoms with E-state index >= 15 is 0 Å². The van der Waals surface area contributed by atoms with Gasteiger partial charge in [-0.1, -0.05) is 75.9 Å². The normalized spacial score (nSPS) is 18.9. The maximum absolute atomic E-state index is 10.0. The zero-order chi connectivity index (χ0) is 18.4. The molecule has 3 rings (SSSR count). The second kappa shape index (κ2) is 8.96. The number of thioether (sulfide) groups is 1. The van der Waals surface area contributed by atoms with E-state index in [-0.39, 0.29) is 11.6 Å². The number of hydrogen-bond acceptors (Lipinski definition) is 3. The first-order valence-electron chi connectivity index (χ1n) is 9.96. The summed E-state index contributed by atoms with van der Waals surface area (Å²) in [5, 5.41) is 14.1. The summed E-state index contributed by atoms with van der Waals surface area (Å²) in [5.74, 6) is 1.42. The van der Waals surface area contributed by atoms with Gasteiger partial charge in [-0.3, -0.25) is 5.32 Å². The van der Waals surface area contributed by atoms with Gasteiger partial charge in [0.2, 0.25) is 0 Å². The van der Waals surface area contributed by atoms with Gasteiger partial charge in [-0.05, 0) is 36.1 Å². The molecule has 2 aromatic carbocycles. The van der Waals surface area contributed by atoms with Crippen molar-refractivity contribution in [2.24, 2.45) is 0 Å². The molecule has 1 atom stereocenters. The number of hydrogen-bond donors (Lipinski definition) is 2. The summed E-state index contributed by atoms with van der Waals surface area (Å²) >= 11 is 1.91. The van der Waals surface area contributed by atoms with Crippen LogP contribution in [-0.4, -0.2) is 16.4 Å². The van der Waals surface area contributed by atoms with Crippen molar-refractivity contribution in [1.82, 2.24) is 5.32 Å². The number of phenolic OH excluding ortho intramolecular Hbond substituents is 1. The number of unbranched alkanes of at least 4 members (excludes halogenated alkanes) is 2. The van der Waals surface area contributed by atoms with Crippen molar-refractivity contribution in [2.75, 3.05) is 5.75 Å². The van der Waals surface area contributed by atoms with Crippen LogP contribution in [0.4, 0.5) is 0 Å². The maximum Gasteiger partial charge on any atom is 0.116 e. The third-order valence-corrected chi connectivity index (χ3v) is 6.77. The fourth-order valence-corrected chi connectivity index (χ4v) is 5.24. The fraction of sp³-hybridized carbons (Fsp3) is 0.478. The van der Waals surface area contributed by atoms with Crippen molar-refractivity contribution in [1.29, 1.82) is 0 Å². The molecule has 2 nitrogen and oxygen atoms in total. The van der Waals surface area contributed by atoms with Gasteiger partial charge in [0.25, 0.3) is 0 Å². The minimum absolute atomic E-state index is 0.145. The molecule has 2 aromatic rings. The summed E-state index contributed by atoms with van der Waals surface area (Å²) in [6.07, 6.45) is 7.37. The molecule has 1 aliphatic rings. The van der Waals surface area contributed by atoms with Crippen molar-refractivity contribution in [3.05, 3.63) is 59.7 Å². The monoisotopic (exact) mass is 369 g/mol. The highest BCUT2D eigenvalue weighted by atomic mass is 32.2. The molecule has 0 fully saturated rings. The van der Waals surface area contributed by atoms with E-state index in [0.29, 0.717) is 5.75 Å². The number of rotatable bonds is 7. The van der Waals surface area contributed by atoms with E-state index in [1.807, 2.05) is 23.9 Å². The van der Waals surface area contributed by atoms with E-state index in [1.165, 1.54) is 54.5 Å². The Balaban J connectivity index is 2.02. The van der Waals surface area contributed by atoms with Gasteiger partial charge in [0, 0.05) is 16.2 Å². The highest BCUT2D eigenvalue weighted by molar-refractivity contribution is 7.99. The summed E-state index contributed by atoms with van der Waals surface area (Å²) in [6.45, 7) is 4.55. The third-order valence-electron chi connectivity index (χ3n) is 5.41. The molecule has 0 bridgehead atoms. The van der Waals surface area contributed by atoms with Crippen LogP contribution in [0.1, 0.15) is 69.5 Å². The lowest BCUT2D eigenvalue weighted by Gasteiger charge is -2.37. The molecule has 0 radical (unpaired) electrons. The van der Waals surface area contributed by atoms with Gasteiger partial charge < -0.3 is 5.11 Å². The van der Waals surface area contributed by atoms with Gasteiger partial charge in [-0.15, -0.1) is 11.8 Å². The average Bonchev–Trinajstić information content (AvgIpc) is 2.83. The van der Waals surface area contributed by atoms with E-state index < -0.39 is 0 Å². The SMILES string of the molecule is CCCCC1(CCCC)CSc2cc(O)ccc2C(c2ccccc2)N1. The lowest BCUT2D eigenvalue weighted by atomic mass is 9.86. The molecule has 0 aliphatic carbocycles. The smallest absolute Gasteiger partial charge is 0.116 e. The van der Waals surface area contributed by atoms with Crippen molar-refractivity contribution in [3.8, 4) is 5.75 Å². The largest absolute Gasteiger partial charge is 0.508 e. The van der Waals surface area contributed by atoms with Gasteiger partial charge >= 0.3 is 0 Å².